The first-order valence-electron chi connectivity index (χ1n) is 13.8. The molecule has 256 valence electrons. The summed E-state index contributed by atoms with van der Waals surface area (Å²) in [5.41, 5.74) is -0.125. The molecule has 19 heteroatoms. The number of carbonyl (C=O) groups is 3. The number of anilines is 2. The second kappa shape index (κ2) is 14.0. The van der Waals surface area contributed by atoms with Crippen molar-refractivity contribution in [3.05, 3.63) is 114 Å². The van der Waals surface area contributed by atoms with Crippen LogP contribution in [0.3, 0.4) is 0 Å². The number of nitrogens with one attached hydrogen (secondary N) is 2. The zero-order valence-electron chi connectivity index (χ0n) is 24.9. The molecule has 0 aromatic heterocycles. The third-order valence-corrected chi connectivity index (χ3v) is 9.34. The maximum Gasteiger partial charge on any atom is 0.337 e. The second-order valence-corrected chi connectivity index (χ2v) is 14.0. The third-order valence-electron chi connectivity index (χ3n) is 6.91. The second-order valence-electron chi connectivity index (χ2n) is 10.2. The number of carbonyl (C=O) groups excluding carboxylic acids is 2. The van der Waals surface area contributed by atoms with Crippen LogP contribution in [0.2, 0.25) is 0 Å². The number of azo groups is 1. The summed E-state index contributed by atoms with van der Waals surface area (Å²) < 4.78 is 89.2. The van der Waals surface area contributed by atoms with Crippen molar-refractivity contribution in [1.82, 2.24) is 0 Å². The number of rotatable bonds is 10. The first-order chi connectivity index (χ1) is 23.5. The lowest BCUT2D eigenvalue weighted by molar-refractivity contribution is 0.0697. The van der Waals surface area contributed by atoms with Crippen LogP contribution in [-0.2, 0) is 31.3 Å². The number of carboxylic acid groups (broad SMARTS) is 1. The number of benzene rings is 5. The molecule has 50 heavy (non-hydrogen) atoms. The van der Waals surface area contributed by atoms with Gasteiger partial charge < -0.3 is 20.3 Å². The van der Waals surface area contributed by atoms with Gasteiger partial charge in [-0.1, -0.05) is 18.2 Å². The standard InChI is InChI=1S/C31H22N4O12S3/c36-29(32-19-4-2-1-3-5-19)17-6-8-18(9-7-17)30(37)33-26-11-10-20(12-25(26)31(38)39)34-35-21-13-23-24(27(14-21)49(42,43)44)15-22(48(40)41)16-28(23)50(45,46)47/h1-16H,(H,32,36)(H,33,37)(H,38,39)(H,40,41)(H,42,43,44)(H,45,46,47). The Morgan fingerprint density at radius 2 is 1.18 bits per heavy atom. The van der Waals surface area contributed by atoms with Crippen molar-refractivity contribution in [3.63, 3.8) is 0 Å². The van der Waals surface area contributed by atoms with Gasteiger partial charge in [0.05, 0.1) is 27.5 Å². The highest BCUT2D eigenvalue weighted by Crippen LogP contribution is 2.36. The van der Waals surface area contributed by atoms with Crippen LogP contribution in [0, 0.1) is 0 Å². The van der Waals surface area contributed by atoms with Crippen molar-refractivity contribution in [2.75, 3.05) is 10.6 Å². The summed E-state index contributed by atoms with van der Waals surface area (Å²) in [5, 5.41) is 21.6. The highest BCUT2D eigenvalue weighted by atomic mass is 32.2. The van der Waals surface area contributed by atoms with E-state index < -0.39 is 80.1 Å². The van der Waals surface area contributed by atoms with E-state index in [1.807, 2.05) is 0 Å². The molecule has 6 N–H and O–H groups in total. The number of amides is 2. The fourth-order valence-corrected chi connectivity index (χ4v) is 6.58. The molecule has 0 aliphatic rings. The molecular weight excluding hydrogens is 717 g/mol. The first kappa shape index (κ1) is 35.6. The normalized spacial score (nSPS) is 12.5. The van der Waals surface area contributed by atoms with Gasteiger partial charge in [-0.3, -0.25) is 18.7 Å². The number of para-hydroxylation sites is 1. The fourth-order valence-electron chi connectivity index (χ4n) is 4.63. The highest BCUT2D eigenvalue weighted by Gasteiger charge is 2.24. The van der Waals surface area contributed by atoms with E-state index in [0.29, 0.717) is 11.8 Å². The predicted octanol–water partition coefficient (Wildman–Crippen LogP) is 5.53. The van der Waals surface area contributed by atoms with Crippen LogP contribution in [0.4, 0.5) is 22.7 Å². The molecule has 0 heterocycles. The Hall–Kier alpha value is -5.70. The van der Waals surface area contributed by atoms with E-state index in [0.717, 1.165) is 24.3 Å². The Morgan fingerprint density at radius 1 is 0.640 bits per heavy atom. The summed E-state index contributed by atoms with van der Waals surface area (Å²) in [5.74, 6) is -2.58. The SMILES string of the molecule is O=C(Nc1ccccc1)c1ccc(C(=O)Nc2ccc(N=Nc3cc(S(=O)(=O)O)c4cc(S(=O)O)cc(S(=O)(=O)O)c4c3)cc2C(=O)O)cc1. The Bertz CT molecular complexity index is 2470. The molecule has 5 aromatic carbocycles. The van der Waals surface area contributed by atoms with Crippen LogP contribution in [-0.4, -0.2) is 57.6 Å². The van der Waals surface area contributed by atoms with Crippen LogP contribution in [0.25, 0.3) is 10.8 Å². The van der Waals surface area contributed by atoms with Gasteiger partial charge in [-0.15, -0.1) is 0 Å². The predicted molar refractivity (Wildman–Crippen MR) is 179 cm³/mol. The van der Waals surface area contributed by atoms with Crippen molar-refractivity contribution in [2.24, 2.45) is 10.2 Å². The summed E-state index contributed by atoms with van der Waals surface area (Å²) in [4.78, 5) is 35.0. The largest absolute Gasteiger partial charge is 0.478 e. The van der Waals surface area contributed by atoms with E-state index in [2.05, 4.69) is 20.9 Å². The number of fused-ring (bicyclic) bond motifs is 1. The summed E-state index contributed by atoms with van der Waals surface area (Å²) >= 11 is -2.81. The Balaban J connectivity index is 1.43. The minimum atomic E-state index is -5.11. The van der Waals surface area contributed by atoms with Gasteiger partial charge in [-0.25, -0.2) is 9.00 Å². The van der Waals surface area contributed by atoms with E-state index in [1.165, 1.54) is 36.4 Å². The Kier molecular flexibility index (Phi) is 9.99. The van der Waals surface area contributed by atoms with Crippen LogP contribution in [0.1, 0.15) is 31.1 Å². The highest BCUT2D eigenvalue weighted by molar-refractivity contribution is 7.86. The molecule has 0 radical (unpaired) electrons. The van der Waals surface area contributed by atoms with E-state index in [4.69, 9.17) is 0 Å². The van der Waals surface area contributed by atoms with Gasteiger partial charge in [0.25, 0.3) is 32.1 Å². The summed E-state index contributed by atoms with van der Waals surface area (Å²) in [7, 11) is -10.2. The lowest BCUT2D eigenvalue weighted by Gasteiger charge is -2.11. The zero-order chi connectivity index (χ0) is 36.4. The quantitative estimate of drug-likeness (QED) is 0.0586. The van der Waals surface area contributed by atoms with Gasteiger partial charge >= 0.3 is 5.97 Å². The maximum atomic E-state index is 12.9. The number of nitrogens with zero attached hydrogens (tertiary/aromatic N) is 2. The Morgan fingerprint density at radius 3 is 1.74 bits per heavy atom. The smallest absolute Gasteiger partial charge is 0.337 e. The van der Waals surface area contributed by atoms with Gasteiger partial charge in [0.15, 0.2) is 11.1 Å². The van der Waals surface area contributed by atoms with E-state index in [-0.39, 0.29) is 28.2 Å². The fraction of sp³-hybridized carbons (Fsp3) is 0. The minimum absolute atomic E-state index is 0.105. The minimum Gasteiger partial charge on any atom is -0.478 e. The summed E-state index contributed by atoms with van der Waals surface area (Å²) in [6.07, 6.45) is 0. The Labute approximate surface area is 285 Å². The molecular formula is C31H22N4O12S3. The monoisotopic (exact) mass is 738 g/mol. The average molecular weight is 739 g/mol. The first-order valence-corrected chi connectivity index (χ1v) is 17.7. The van der Waals surface area contributed by atoms with E-state index in [9.17, 15) is 54.2 Å². The molecule has 0 fully saturated rings. The summed E-state index contributed by atoms with van der Waals surface area (Å²) in [6.45, 7) is 0. The molecule has 5 aromatic rings. The number of aromatic carboxylic acids is 1. The van der Waals surface area contributed by atoms with Gasteiger partial charge in [0.2, 0.25) is 0 Å². The molecule has 0 bridgehead atoms. The molecule has 0 spiro atoms. The molecule has 16 nitrogen and oxygen atoms in total. The maximum absolute atomic E-state index is 12.9. The van der Waals surface area contributed by atoms with Crippen molar-refractivity contribution >= 4 is 82.6 Å². The molecule has 0 saturated heterocycles. The lowest BCUT2D eigenvalue weighted by Crippen LogP contribution is -2.16. The van der Waals surface area contributed by atoms with E-state index in [1.54, 1.807) is 30.3 Å². The third kappa shape index (κ3) is 8.11. The van der Waals surface area contributed by atoms with Crippen molar-refractivity contribution in [1.29, 1.82) is 0 Å². The van der Waals surface area contributed by atoms with Crippen LogP contribution in [0.5, 0.6) is 0 Å². The lowest BCUT2D eigenvalue weighted by atomic mass is 10.1. The molecule has 0 saturated carbocycles. The molecule has 0 aliphatic carbocycles. The van der Waals surface area contributed by atoms with Crippen LogP contribution in [0.15, 0.2) is 122 Å². The zero-order valence-corrected chi connectivity index (χ0v) is 27.4. The van der Waals surface area contributed by atoms with Gasteiger partial charge in [-0.2, -0.15) is 27.1 Å². The average Bonchev–Trinajstić information content (AvgIpc) is 3.06. The number of hydrogen-bond acceptors (Lipinski definition) is 10. The van der Waals surface area contributed by atoms with Gasteiger partial charge in [0, 0.05) is 27.6 Å². The number of hydrogen-bond donors (Lipinski definition) is 6. The number of carboxylic acids is 1. The molecule has 1 unspecified atom stereocenters. The topological polar surface area (TPSA) is 266 Å². The molecule has 0 aliphatic heterocycles. The molecule has 1 atom stereocenters. The van der Waals surface area contributed by atoms with Crippen molar-refractivity contribution in [3.8, 4) is 0 Å². The van der Waals surface area contributed by atoms with Crippen LogP contribution >= 0.6 is 0 Å². The van der Waals surface area contributed by atoms with E-state index >= 15 is 0 Å². The van der Waals surface area contributed by atoms with Gasteiger partial charge in [-0.05, 0) is 78.9 Å². The molecule has 5 rings (SSSR count). The molecule has 2 amide bonds. The van der Waals surface area contributed by atoms with Gasteiger partial charge in [0.1, 0.15) is 9.79 Å². The van der Waals surface area contributed by atoms with Crippen molar-refractivity contribution in [2.45, 2.75) is 14.7 Å². The van der Waals surface area contributed by atoms with Crippen LogP contribution < -0.4 is 10.6 Å². The summed E-state index contributed by atoms with van der Waals surface area (Å²) in [6, 6.07) is 21.0. The van der Waals surface area contributed by atoms with Crippen molar-refractivity contribution < 1.29 is 54.2 Å².